The third-order valence-electron chi connectivity index (χ3n) is 1.10. The molecule has 1 aromatic rings. The van der Waals surface area contributed by atoms with Gasteiger partial charge in [-0.1, -0.05) is 0 Å². The lowest BCUT2D eigenvalue weighted by Crippen LogP contribution is -2.26. The van der Waals surface area contributed by atoms with Crippen LogP contribution >= 0.6 is 0 Å². The molecule has 0 saturated carbocycles. The second-order valence-corrected chi connectivity index (χ2v) is 3.59. The van der Waals surface area contributed by atoms with Gasteiger partial charge < -0.3 is 4.74 Å². The van der Waals surface area contributed by atoms with Gasteiger partial charge in [0.25, 0.3) is 0 Å². The lowest BCUT2D eigenvalue weighted by atomic mass is 10.2. The smallest absolute Gasteiger partial charge is 0.328 e. The second-order valence-electron chi connectivity index (χ2n) is 3.59. The molecular weight excluding hydrogens is 172 g/mol. The minimum absolute atomic E-state index is 0.0459. The summed E-state index contributed by atoms with van der Waals surface area (Å²) in [6.45, 7) is 5.48. The molecule has 0 bridgehead atoms. The summed E-state index contributed by atoms with van der Waals surface area (Å²) in [6, 6.07) is 0. The van der Waals surface area contributed by atoms with Crippen molar-refractivity contribution in [3.63, 3.8) is 0 Å². The van der Waals surface area contributed by atoms with E-state index >= 15 is 0 Å². The van der Waals surface area contributed by atoms with Crippen molar-refractivity contribution >= 4 is 5.97 Å². The van der Waals surface area contributed by atoms with Gasteiger partial charge in [-0.25, -0.2) is 4.68 Å². The molecule has 0 unspecified atom stereocenters. The molecule has 0 radical (unpaired) electrons. The van der Waals surface area contributed by atoms with Crippen molar-refractivity contribution in [2.24, 2.45) is 0 Å². The lowest BCUT2D eigenvalue weighted by Gasteiger charge is -2.18. The Bertz CT molecular complexity index is 275. The highest BCUT2D eigenvalue weighted by Gasteiger charge is 2.16. The van der Waals surface area contributed by atoms with Gasteiger partial charge in [0.15, 0.2) is 0 Å². The summed E-state index contributed by atoms with van der Waals surface area (Å²) in [4.78, 5) is 11.2. The molecule has 0 saturated heterocycles. The van der Waals surface area contributed by atoms with Crippen LogP contribution in [0, 0.1) is 0 Å². The summed E-state index contributed by atoms with van der Waals surface area (Å²) in [5.74, 6) is -0.347. The molecule has 1 heterocycles. The number of hydrogen-bond donors (Lipinski definition) is 0. The normalized spacial score (nSPS) is 11.3. The van der Waals surface area contributed by atoms with Crippen molar-refractivity contribution < 1.29 is 9.53 Å². The molecule has 0 aliphatic rings. The number of ether oxygens (including phenoxy) is 1. The summed E-state index contributed by atoms with van der Waals surface area (Å²) in [5, 5.41) is 10.3. The molecule has 0 aromatic carbocycles. The maximum absolute atomic E-state index is 11.2. The molecule has 0 N–H and O–H groups in total. The quantitative estimate of drug-likeness (QED) is 0.606. The van der Waals surface area contributed by atoms with Gasteiger partial charge in [0, 0.05) is 0 Å². The van der Waals surface area contributed by atoms with Crippen LogP contribution in [-0.4, -0.2) is 31.8 Å². The average Bonchev–Trinajstić information content (AvgIpc) is 2.34. The predicted octanol–water partition coefficient (Wildman–Crippen LogP) is 0.0148. The van der Waals surface area contributed by atoms with E-state index in [9.17, 15) is 4.79 Å². The van der Waals surface area contributed by atoms with Crippen molar-refractivity contribution in [3.05, 3.63) is 6.33 Å². The summed E-state index contributed by atoms with van der Waals surface area (Å²) in [6.07, 6.45) is 1.36. The van der Waals surface area contributed by atoms with E-state index in [1.54, 1.807) is 0 Å². The fourth-order valence-corrected chi connectivity index (χ4v) is 0.759. The first kappa shape index (κ1) is 9.63. The van der Waals surface area contributed by atoms with Crippen LogP contribution in [0.5, 0.6) is 0 Å². The van der Waals surface area contributed by atoms with Crippen molar-refractivity contribution in [1.82, 2.24) is 20.2 Å². The third-order valence-corrected chi connectivity index (χ3v) is 1.10. The Balaban J connectivity index is 2.43. The first-order valence-electron chi connectivity index (χ1n) is 3.90. The van der Waals surface area contributed by atoms with E-state index in [1.165, 1.54) is 11.0 Å². The Kier molecular flexibility index (Phi) is 2.60. The SMILES string of the molecule is CC(C)(C)OC(=O)Cn1cnnn1. The van der Waals surface area contributed by atoms with Crippen LogP contribution in [0.1, 0.15) is 20.8 Å². The number of carbonyl (C=O) groups is 1. The van der Waals surface area contributed by atoms with Crippen LogP contribution in [0.25, 0.3) is 0 Å². The van der Waals surface area contributed by atoms with Crippen LogP contribution in [0.3, 0.4) is 0 Å². The van der Waals surface area contributed by atoms with Crippen LogP contribution in [0.15, 0.2) is 6.33 Å². The number of rotatable bonds is 2. The molecule has 0 atom stereocenters. The molecule has 0 aliphatic heterocycles. The van der Waals surface area contributed by atoms with Gasteiger partial charge in [-0.3, -0.25) is 4.79 Å². The lowest BCUT2D eigenvalue weighted by molar-refractivity contribution is -0.155. The standard InChI is InChI=1S/C7H12N4O2/c1-7(2,3)13-6(12)4-11-5-8-9-10-11/h5H,4H2,1-3H3. The van der Waals surface area contributed by atoms with E-state index in [4.69, 9.17) is 4.74 Å². The topological polar surface area (TPSA) is 69.9 Å². The van der Waals surface area contributed by atoms with Crippen molar-refractivity contribution in [3.8, 4) is 0 Å². The van der Waals surface area contributed by atoms with Crippen LogP contribution in [-0.2, 0) is 16.1 Å². The van der Waals surface area contributed by atoms with Crippen molar-refractivity contribution in [1.29, 1.82) is 0 Å². The van der Waals surface area contributed by atoms with Crippen molar-refractivity contribution in [2.45, 2.75) is 32.9 Å². The van der Waals surface area contributed by atoms with Crippen LogP contribution in [0.2, 0.25) is 0 Å². The fourth-order valence-electron chi connectivity index (χ4n) is 0.759. The van der Waals surface area contributed by atoms with Gasteiger partial charge >= 0.3 is 5.97 Å². The molecule has 1 aromatic heterocycles. The van der Waals surface area contributed by atoms with E-state index in [-0.39, 0.29) is 12.5 Å². The first-order valence-corrected chi connectivity index (χ1v) is 3.90. The Morgan fingerprint density at radius 2 is 2.23 bits per heavy atom. The summed E-state index contributed by atoms with van der Waals surface area (Å²) in [5.41, 5.74) is -0.467. The molecular formula is C7H12N4O2. The molecule has 1 rings (SSSR count). The number of esters is 1. The van der Waals surface area contributed by atoms with Gasteiger partial charge in [-0.2, -0.15) is 0 Å². The fraction of sp³-hybridized carbons (Fsp3) is 0.714. The molecule has 6 heteroatoms. The van der Waals surface area contributed by atoms with Gasteiger partial charge in [-0.15, -0.1) is 5.10 Å². The molecule has 0 amide bonds. The van der Waals surface area contributed by atoms with Crippen LogP contribution < -0.4 is 0 Å². The predicted molar refractivity (Wildman–Crippen MR) is 43.7 cm³/mol. The Morgan fingerprint density at radius 3 is 2.69 bits per heavy atom. The molecule has 6 nitrogen and oxygen atoms in total. The average molecular weight is 184 g/mol. The van der Waals surface area contributed by atoms with E-state index in [0.717, 1.165) is 0 Å². The number of aromatic nitrogens is 4. The molecule has 0 fully saturated rings. The third kappa shape index (κ3) is 3.64. The molecule has 0 aliphatic carbocycles. The van der Waals surface area contributed by atoms with E-state index in [0.29, 0.717) is 0 Å². The van der Waals surface area contributed by atoms with Crippen molar-refractivity contribution in [2.75, 3.05) is 0 Å². The monoisotopic (exact) mass is 184 g/mol. The van der Waals surface area contributed by atoms with Gasteiger partial charge in [0.2, 0.25) is 0 Å². The van der Waals surface area contributed by atoms with Gasteiger partial charge in [0.1, 0.15) is 18.5 Å². The number of carbonyl (C=O) groups excluding carboxylic acids is 1. The molecule has 0 spiro atoms. The zero-order valence-corrected chi connectivity index (χ0v) is 7.89. The first-order chi connectivity index (χ1) is 5.97. The minimum atomic E-state index is -0.467. The minimum Gasteiger partial charge on any atom is -0.459 e. The number of tetrazole rings is 1. The highest BCUT2D eigenvalue weighted by atomic mass is 16.6. The summed E-state index contributed by atoms with van der Waals surface area (Å²) >= 11 is 0. The number of hydrogen-bond acceptors (Lipinski definition) is 5. The highest BCUT2D eigenvalue weighted by molar-refractivity contribution is 5.69. The Morgan fingerprint density at radius 1 is 1.54 bits per heavy atom. The second kappa shape index (κ2) is 3.51. The Hall–Kier alpha value is -1.46. The van der Waals surface area contributed by atoms with E-state index in [1.807, 2.05) is 20.8 Å². The number of nitrogens with zero attached hydrogens (tertiary/aromatic N) is 4. The Labute approximate surface area is 75.9 Å². The zero-order chi connectivity index (χ0) is 9.90. The van der Waals surface area contributed by atoms with Gasteiger partial charge in [-0.05, 0) is 31.2 Å². The van der Waals surface area contributed by atoms with E-state index < -0.39 is 5.60 Å². The molecule has 13 heavy (non-hydrogen) atoms. The maximum Gasteiger partial charge on any atom is 0.328 e. The summed E-state index contributed by atoms with van der Waals surface area (Å²) in [7, 11) is 0. The highest BCUT2D eigenvalue weighted by Crippen LogP contribution is 2.06. The summed E-state index contributed by atoms with van der Waals surface area (Å²) < 4.78 is 6.37. The largest absolute Gasteiger partial charge is 0.459 e. The zero-order valence-electron chi connectivity index (χ0n) is 7.89. The maximum atomic E-state index is 11.2. The molecule has 72 valence electrons. The van der Waals surface area contributed by atoms with Crippen LogP contribution in [0.4, 0.5) is 0 Å². The van der Waals surface area contributed by atoms with E-state index in [2.05, 4.69) is 15.5 Å². The van der Waals surface area contributed by atoms with Gasteiger partial charge in [0.05, 0.1) is 0 Å².